The zero-order chi connectivity index (χ0) is 14.8. The molecule has 0 aliphatic rings. The van der Waals surface area contributed by atoms with Gasteiger partial charge in [0.2, 0.25) is 0 Å². The molecule has 0 atom stereocenters. The van der Waals surface area contributed by atoms with Crippen molar-refractivity contribution in [3.63, 3.8) is 0 Å². The fraction of sp³-hybridized carbons (Fsp3) is 0.750. The summed E-state index contributed by atoms with van der Waals surface area (Å²) in [4.78, 5) is 0. The Hall–Kier alpha value is -0.853. The Morgan fingerprint density at radius 3 is 1.00 bits per heavy atom. The molecule has 0 rings (SSSR count). The third-order valence-electron chi connectivity index (χ3n) is 1.92. The van der Waals surface area contributed by atoms with E-state index in [0.717, 1.165) is 5.54 Å². The number of terminal acetylenes is 1. The molecule has 10 heteroatoms. The predicted molar refractivity (Wildman–Crippen MR) is 47.2 cm³/mol. The van der Waals surface area contributed by atoms with Crippen molar-refractivity contribution in [2.24, 2.45) is 0 Å². The number of halogens is 9. The normalized spacial score (nSPS) is 14.4. The first-order valence-electron chi connectivity index (χ1n) is 4.36. The maximum Gasteiger partial charge on any atom is 0.387 e. The van der Waals surface area contributed by atoms with E-state index in [4.69, 9.17) is 0 Å². The molecule has 0 spiro atoms. The second-order valence-corrected chi connectivity index (χ2v) is 7.71. The molecule has 0 nitrogen and oxygen atoms in total. The van der Waals surface area contributed by atoms with Gasteiger partial charge in [-0.1, -0.05) is 0 Å². The van der Waals surface area contributed by atoms with Crippen LogP contribution in [0.15, 0.2) is 0 Å². The van der Waals surface area contributed by atoms with E-state index < -0.39 is 44.7 Å². The first kappa shape index (κ1) is 17.1. The van der Waals surface area contributed by atoms with Crippen LogP contribution >= 0.6 is 0 Å². The highest BCUT2D eigenvalue weighted by Crippen LogP contribution is 2.42. The molecular weight excluding hydrogens is 295 g/mol. The van der Waals surface area contributed by atoms with E-state index in [1.54, 1.807) is 0 Å². The zero-order valence-electron chi connectivity index (χ0n) is 8.60. The molecule has 0 bridgehead atoms. The van der Waals surface area contributed by atoms with Crippen LogP contribution in [0.3, 0.4) is 0 Å². The molecule has 0 unspecified atom stereocenters. The van der Waals surface area contributed by atoms with Crippen LogP contribution in [-0.2, 0) is 0 Å². The lowest BCUT2D eigenvalue weighted by Crippen LogP contribution is -2.45. The molecule has 0 amide bonds. The van der Waals surface area contributed by atoms with Gasteiger partial charge in [0, 0.05) is 0 Å². The lowest BCUT2D eigenvalue weighted by atomic mass is 10.7. The van der Waals surface area contributed by atoms with Gasteiger partial charge in [-0.2, -0.15) is 39.5 Å². The maximum atomic E-state index is 12.1. The van der Waals surface area contributed by atoms with Gasteiger partial charge in [-0.05, 0) is 0 Å². The summed E-state index contributed by atoms with van der Waals surface area (Å²) in [5.74, 6) is 0. The lowest BCUT2D eigenvalue weighted by Gasteiger charge is -2.28. The second kappa shape index (κ2) is 5.03. The summed E-state index contributed by atoms with van der Waals surface area (Å²) in [7, 11) is -5.02. The van der Waals surface area contributed by atoms with E-state index in [1.807, 2.05) is 0 Å². The average Bonchev–Trinajstić information content (AvgIpc) is 1.93. The van der Waals surface area contributed by atoms with E-state index >= 15 is 0 Å². The summed E-state index contributed by atoms with van der Waals surface area (Å²) >= 11 is 0. The van der Waals surface area contributed by atoms with Gasteiger partial charge in [-0.3, -0.25) is 0 Å². The van der Waals surface area contributed by atoms with Crippen molar-refractivity contribution in [3.05, 3.63) is 0 Å². The largest absolute Gasteiger partial charge is 0.387 e. The Balaban J connectivity index is 5.29. The van der Waals surface area contributed by atoms with E-state index in [2.05, 4.69) is 6.42 Å². The van der Waals surface area contributed by atoms with Crippen molar-refractivity contribution in [2.45, 2.75) is 36.7 Å². The second-order valence-electron chi connectivity index (χ2n) is 3.80. The van der Waals surface area contributed by atoms with E-state index in [1.165, 1.54) is 0 Å². The zero-order valence-corrected chi connectivity index (χ0v) is 9.60. The van der Waals surface area contributed by atoms with E-state index in [9.17, 15) is 39.5 Å². The third-order valence-corrected chi connectivity index (χ3v) is 5.77. The van der Waals surface area contributed by atoms with Gasteiger partial charge in [0.15, 0.2) is 8.07 Å². The van der Waals surface area contributed by atoms with Gasteiger partial charge in [-0.25, -0.2) is 0 Å². The quantitative estimate of drug-likeness (QED) is 0.414. The average molecular weight is 302 g/mol. The summed E-state index contributed by atoms with van der Waals surface area (Å²) in [5.41, 5.74) is 1.16. The molecule has 0 aliphatic heterocycles. The Kier molecular flexibility index (Phi) is 4.79. The molecule has 106 valence electrons. The Labute approximate surface area is 97.2 Å². The summed E-state index contributed by atoms with van der Waals surface area (Å²) in [5, 5.41) is 0. The van der Waals surface area contributed by atoms with Crippen LogP contribution in [0.1, 0.15) is 0 Å². The minimum absolute atomic E-state index is 1.16. The number of rotatable bonds is 3. The Morgan fingerprint density at radius 1 is 0.667 bits per heavy atom. The fourth-order valence-corrected chi connectivity index (χ4v) is 4.48. The van der Waals surface area contributed by atoms with Crippen LogP contribution in [0.25, 0.3) is 0 Å². The van der Waals surface area contributed by atoms with Crippen LogP contribution in [0.2, 0.25) is 18.1 Å². The molecule has 0 aromatic carbocycles. The number of hydrogen-bond acceptors (Lipinski definition) is 0. The summed E-state index contributed by atoms with van der Waals surface area (Å²) in [6, 6.07) is -6.60. The Bertz CT molecular complexity index is 275. The molecule has 0 heterocycles. The Morgan fingerprint density at radius 2 is 0.889 bits per heavy atom. The van der Waals surface area contributed by atoms with Gasteiger partial charge in [0.25, 0.3) is 0 Å². The minimum atomic E-state index is -5.16. The first-order chi connectivity index (χ1) is 7.68. The monoisotopic (exact) mass is 302 g/mol. The molecule has 0 aromatic rings. The molecule has 0 fully saturated rings. The molecule has 0 aliphatic carbocycles. The van der Waals surface area contributed by atoms with Crippen molar-refractivity contribution in [2.75, 3.05) is 0 Å². The first-order valence-corrected chi connectivity index (χ1v) is 6.98. The van der Waals surface area contributed by atoms with Crippen molar-refractivity contribution in [1.29, 1.82) is 0 Å². The van der Waals surface area contributed by atoms with Crippen molar-refractivity contribution >= 4 is 8.07 Å². The van der Waals surface area contributed by atoms with Crippen LogP contribution < -0.4 is 0 Å². The van der Waals surface area contributed by atoms with Gasteiger partial charge in [0.1, 0.15) is 0 Å². The highest BCUT2D eigenvalue weighted by Gasteiger charge is 2.54. The van der Waals surface area contributed by atoms with Gasteiger partial charge >= 0.3 is 18.5 Å². The highest BCUT2D eigenvalue weighted by atomic mass is 28.3. The van der Waals surface area contributed by atoms with Crippen LogP contribution in [0, 0.1) is 12.0 Å². The summed E-state index contributed by atoms with van der Waals surface area (Å²) in [6.45, 7) is 0. The molecule has 0 aromatic heterocycles. The van der Waals surface area contributed by atoms with Crippen LogP contribution in [-0.4, -0.2) is 26.6 Å². The lowest BCUT2D eigenvalue weighted by molar-refractivity contribution is -0.126. The van der Waals surface area contributed by atoms with Crippen molar-refractivity contribution in [1.82, 2.24) is 0 Å². The van der Waals surface area contributed by atoms with Crippen molar-refractivity contribution in [3.8, 4) is 12.0 Å². The third kappa shape index (κ3) is 7.47. The standard InChI is InChI=1S/C8H7F9Si/c1-2-18(3-6(9,10)11,4-7(12,13)14)5-8(15,16)17/h1H,3-5H2. The topological polar surface area (TPSA) is 0 Å². The van der Waals surface area contributed by atoms with E-state index in [0.29, 0.717) is 0 Å². The number of alkyl halides is 9. The molecule has 0 saturated carbocycles. The van der Waals surface area contributed by atoms with Gasteiger partial charge in [-0.15, -0.1) is 12.0 Å². The smallest absolute Gasteiger partial charge is 0.171 e. The molecule has 0 radical (unpaired) electrons. The highest BCUT2D eigenvalue weighted by molar-refractivity contribution is 6.87. The molecule has 18 heavy (non-hydrogen) atoms. The molecule has 0 saturated heterocycles. The fourth-order valence-electron chi connectivity index (χ4n) is 1.49. The maximum absolute atomic E-state index is 12.1. The van der Waals surface area contributed by atoms with Crippen molar-refractivity contribution < 1.29 is 39.5 Å². The van der Waals surface area contributed by atoms with Gasteiger partial charge in [0.05, 0.1) is 18.1 Å². The SMILES string of the molecule is C#C[Si](CC(F)(F)F)(CC(F)(F)F)CC(F)(F)F. The van der Waals surface area contributed by atoms with E-state index in [-0.39, 0.29) is 0 Å². The summed E-state index contributed by atoms with van der Waals surface area (Å²) in [6.07, 6.45) is -10.9. The molecular formula is C8H7F9Si. The van der Waals surface area contributed by atoms with Crippen LogP contribution in [0.4, 0.5) is 39.5 Å². The van der Waals surface area contributed by atoms with Gasteiger partial charge < -0.3 is 0 Å². The molecule has 0 N–H and O–H groups in total. The predicted octanol–water partition coefficient (Wildman–Crippen LogP) is 4.29. The number of hydrogen-bond donors (Lipinski definition) is 0. The van der Waals surface area contributed by atoms with Crippen LogP contribution in [0.5, 0.6) is 0 Å². The minimum Gasteiger partial charge on any atom is -0.171 e. The summed E-state index contributed by atoms with van der Waals surface area (Å²) < 4.78 is 109.